The molecule has 0 bridgehead atoms. The van der Waals surface area contributed by atoms with E-state index in [1.54, 1.807) is 0 Å². The van der Waals surface area contributed by atoms with Crippen LogP contribution in [0.3, 0.4) is 0 Å². The lowest BCUT2D eigenvalue weighted by atomic mass is 10.2. The van der Waals surface area contributed by atoms with E-state index in [9.17, 15) is 5.11 Å². The smallest absolute Gasteiger partial charge is 0.232 e. The number of nitrogens with two attached hydrogens (primary N) is 1. The molecule has 0 saturated carbocycles. The summed E-state index contributed by atoms with van der Waals surface area (Å²) in [5, 5.41) is 9.41. The van der Waals surface area contributed by atoms with Crippen molar-refractivity contribution in [1.82, 2.24) is 15.0 Å². The third-order valence-corrected chi connectivity index (χ3v) is 3.77. The Labute approximate surface area is 117 Å². The summed E-state index contributed by atoms with van der Waals surface area (Å²) in [5.41, 5.74) is 5.81. The van der Waals surface area contributed by atoms with E-state index in [-0.39, 0.29) is 18.6 Å². The van der Waals surface area contributed by atoms with E-state index in [0.717, 1.165) is 32.5 Å². The number of aliphatic hydroxyl groups excluding tert-OH is 1. The molecule has 1 atom stereocenters. The lowest BCUT2D eigenvalue weighted by Gasteiger charge is -2.28. The fourth-order valence-electron chi connectivity index (χ4n) is 2.69. The topological polar surface area (TPSA) is 101 Å². The van der Waals surface area contributed by atoms with Crippen LogP contribution in [0.1, 0.15) is 12.8 Å². The summed E-state index contributed by atoms with van der Waals surface area (Å²) < 4.78 is 5.33. The summed E-state index contributed by atoms with van der Waals surface area (Å²) in [4.78, 5) is 17.0. The lowest BCUT2D eigenvalue weighted by Crippen LogP contribution is -2.39. The molecule has 3 heterocycles. The summed E-state index contributed by atoms with van der Waals surface area (Å²) in [7, 11) is 0. The van der Waals surface area contributed by atoms with Gasteiger partial charge in [-0.05, 0) is 12.8 Å². The lowest BCUT2D eigenvalue weighted by molar-refractivity contribution is 0.122. The van der Waals surface area contributed by atoms with Gasteiger partial charge < -0.3 is 25.4 Å². The van der Waals surface area contributed by atoms with Crippen LogP contribution in [-0.2, 0) is 4.74 Å². The predicted molar refractivity (Wildman–Crippen MR) is 74.7 cm³/mol. The molecular formula is C12H20N6O2. The summed E-state index contributed by atoms with van der Waals surface area (Å²) in [6.45, 7) is 3.81. The first kappa shape index (κ1) is 13.3. The van der Waals surface area contributed by atoms with E-state index in [4.69, 9.17) is 10.5 Å². The number of nitrogen functional groups attached to an aromatic ring is 1. The number of morpholine rings is 1. The Morgan fingerprint density at radius 1 is 1.15 bits per heavy atom. The highest BCUT2D eigenvalue weighted by Crippen LogP contribution is 2.24. The molecule has 110 valence electrons. The second kappa shape index (κ2) is 5.76. The van der Waals surface area contributed by atoms with Crippen molar-refractivity contribution in [2.75, 3.05) is 55.0 Å². The summed E-state index contributed by atoms with van der Waals surface area (Å²) in [6.07, 6.45) is 1.98. The number of ether oxygens (including phenoxy) is 1. The Morgan fingerprint density at radius 3 is 2.65 bits per heavy atom. The normalized spacial score (nSPS) is 23.4. The molecular weight excluding hydrogens is 260 g/mol. The van der Waals surface area contributed by atoms with Crippen LogP contribution in [-0.4, -0.2) is 65.6 Å². The third kappa shape index (κ3) is 2.61. The maximum Gasteiger partial charge on any atom is 0.232 e. The van der Waals surface area contributed by atoms with Crippen molar-refractivity contribution in [2.45, 2.75) is 18.9 Å². The molecule has 2 aliphatic rings. The first-order valence-corrected chi connectivity index (χ1v) is 6.99. The van der Waals surface area contributed by atoms with Gasteiger partial charge in [-0.3, -0.25) is 0 Å². The highest BCUT2D eigenvalue weighted by atomic mass is 16.5. The molecule has 1 aromatic rings. The first-order valence-electron chi connectivity index (χ1n) is 6.99. The minimum Gasteiger partial charge on any atom is -0.394 e. The summed E-state index contributed by atoms with van der Waals surface area (Å²) >= 11 is 0. The van der Waals surface area contributed by atoms with E-state index >= 15 is 0 Å². The van der Waals surface area contributed by atoms with Crippen LogP contribution in [0.25, 0.3) is 0 Å². The predicted octanol–water partition coefficient (Wildman–Crippen LogP) is -0.748. The van der Waals surface area contributed by atoms with Gasteiger partial charge in [-0.1, -0.05) is 0 Å². The SMILES string of the molecule is Nc1nc(N2CCOCC2)nc(N2CCCC2CO)n1. The van der Waals surface area contributed by atoms with E-state index in [2.05, 4.69) is 19.9 Å². The van der Waals surface area contributed by atoms with Crippen LogP contribution < -0.4 is 15.5 Å². The monoisotopic (exact) mass is 280 g/mol. The minimum atomic E-state index is 0.0781. The maximum absolute atomic E-state index is 9.41. The van der Waals surface area contributed by atoms with Gasteiger partial charge in [0.25, 0.3) is 0 Å². The van der Waals surface area contributed by atoms with Gasteiger partial charge in [-0.25, -0.2) is 0 Å². The van der Waals surface area contributed by atoms with Gasteiger partial charge in [0.2, 0.25) is 17.8 Å². The molecule has 1 unspecified atom stereocenters. The van der Waals surface area contributed by atoms with Crippen LogP contribution in [0.4, 0.5) is 17.8 Å². The number of rotatable bonds is 3. The average Bonchev–Trinajstić information content (AvgIpc) is 2.96. The van der Waals surface area contributed by atoms with Gasteiger partial charge in [-0.2, -0.15) is 15.0 Å². The molecule has 20 heavy (non-hydrogen) atoms. The van der Waals surface area contributed by atoms with Gasteiger partial charge in [0.1, 0.15) is 0 Å². The van der Waals surface area contributed by atoms with Crippen LogP contribution >= 0.6 is 0 Å². The Bertz CT molecular complexity index is 465. The highest BCUT2D eigenvalue weighted by molar-refractivity contribution is 5.45. The van der Waals surface area contributed by atoms with Crippen molar-refractivity contribution >= 4 is 17.8 Å². The van der Waals surface area contributed by atoms with Crippen molar-refractivity contribution in [3.8, 4) is 0 Å². The fraction of sp³-hybridized carbons (Fsp3) is 0.750. The van der Waals surface area contributed by atoms with Crippen molar-refractivity contribution in [3.05, 3.63) is 0 Å². The second-order valence-corrected chi connectivity index (χ2v) is 5.07. The van der Waals surface area contributed by atoms with Crippen molar-refractivity contribution in [3.63, 3.8) is 0 Å². The van der Waals surface area contributed by atoms with Gasteiger partial charge in [0, 0.05) is 19.6 Å². The molecule has 3 N–H and O–H groups in total. The number of anilines is 3. The molecule has 8 heteroatoms. The second-order valence-electron chi connectivity index (χ2n) is 5.07. The summed E-state index contributed by atoms with van der Waals surface area (Å²) in [5.74, 6) is 1.38. The number of hydrogen-bond acceptors (Lipinski definition) is 8. The molecule has 0 aliphatic carbocycles. The van der Waals surface area contributed by atoms with Crippen molar-refractivity contribution in [2.24, 2.45) is 0 Å². The van der Waals surface area contributed by atoms with E-state index in [0.29, 0.717) is 25.1 Å². The number of aromatic nitrogens is 3. The first-order chi connectivity index (χ1) is 9.78. The molecule has 0 amide bonds. The zero-order chi connectivity index (χ0) is 13.9. The third-order valence-electron chi connectivity index (χ3n) is 3.77. The molecule has 2 saturated heterocycles. The molecule has 2 fully saturated rings. The Kier molecular flexibility index (Phi) is 3.83. The van der Waals surface area contributed by atoms with E-state index in [1.165, 1.54) is 0 Å². The zero-order valence-electron chi connectivity index (χ0n) is 11.4. The molecule has 0 spiro atoms. The van der Waals surface area contributed by atoms with Crippen LogP contribution in [0.5, 0.6) is 0 Å². The van der Waals surface area contributed by atoms with Gasteiger partial charge in [0.05, 0.1) is 25.9 Å². The number of aliphatic hydroxyl groups is 1. The molecule has 3 rings (SSSR count). The van der Waals surface area contributed by atoms with Crippen LogP contribution in [0.2, 0.25) is 0 Å². The van der Waals surface area contributed by atoms with Crippen LogP contribution in [0.15, 0.2) is 0 Å². The van der Waals surface area contributed by atoms with Crippen LogP contribution in [0, 0.1) is 0 Å². The Hall–Kier alpha value is -1.67. The maximum atomic E-state index is 9.41. The summed E-state index contributed by atoms with van der Waals surface area (Å²) in [6, 6.07) is 0.0781. The fourth-order valence-corrected chi connectivity index (χ4v) is 2.69. The van der Waals surface area contributed by atoms with Crippen molar-refractivity contribution in [1.29, 1.82) is 0 Å². The van der Waals surface area contributed by atoms with E-state index in [1.807, 2.05) is 4.90 Å². The largest absolute Gasteiger partial charge is 0.394 e. The molecule has 0 radical (unpaired) electrons. The molecule has 2 aliphatic heterocycles. The Balaban J connectivity index is 1.86. The quantitative estimate of drug-likeness (QED) is 0.746. The standard InChI is InChI=1S/C12H20N6O2/c13-10-14-11(17-4-6-20-7-5-17)16-12(15-10)18-3-1-2-9(18)8-19/h9,19H,1-8H2,(H2,13,14,15,16). The minimum absolute atomic E-state index is 0.0781. The molecule has 0 aromatic carbocycles. The molecule has 8 nitrogen and oxygen atoms in total. The van der Waals surface area contributed by atoms with Crippen molar-refractivity contribution < 1.29 is 9.84 Å². The van der Waals surface area contributed by atoms with E-state index < -0.39 is 0 Å². The zero-order valence-corrected chi connectivity index (χ0v) is 11.4. The average molecular weight is 280 g/mol. The van der Waals surface area contributed by atoms with Gasteiger partial charge in [0.15, 0.2) is 0 Å². The van der Waals surface area contributed by atoms with Gasteiger partial charge in [-0.15, -0.1) is 0 Å². The Morgan fingerprint density at radius 2 is 1.90 bits per heavy atom. The molecule has 1 aromatic heterocycles. The number of hydrogen-bond donors (Lipinski definition) is 2. The highest BCUT2D eigenvalue weighted by Gasteiger charge is 2.27. The van der Waals surface area contributed by atoms with Gasteiger partial charge >= 0.3 is 0 Å². The number of nitrogens with zero attached hydrogens (tertiary/aromatic N) is 5.